The van der Waals surface area contributed by atoms with Crippen molar-refractivity contribution in [1.82, 2.24) is 0 Å². The van der Waals surface area contributed by atoms with E-state index in [0.717, 1.165) is 0 Å². The van der Waals surface area contributed by atoms with Crippen molar-refractivity contribution < 1.29 is 13.5 Å². The fraction of sp³-hybridized carbons (Fsp3) is 1.00. The molecule has 1 fully saturated rings. The molecule has 0 bridgehead atoms. The van der Waals surface area contributed by atoms with E-state index in [9.17, 15) is 8.78 Å². The summed E-state index contributed by atoms with van der Waals surface area (Å²) in [7, 11) is 0. The molecule has 0 aliphatic carbocycles. The molecule has 0 amide bonds. The first-order valence-corrected chi connectivity index (χ1v) is 3.03. The molecule has 1 saturated heterocycles. The number of hydrogen-bond donors (Lipinski definition) is 0. The fourth-order valence-electron chi connectivity index (χ4n) is 0.862. The first-order valence-electron chi connectivity index (χ1n) is 3.03. The summed E-state index contributed by atoms with van der Waals surface area (Å²) >= 11 is 0. The molecule has 1 unspecified atom stereocenters. The van der Waals surface area contributed by atoms with Gasteiger partial charge in [-0.05, 0) is 6.92 Å². The Bertz CT molecular complexity index is 114. The molecule has 1 nitrogen and oxygen atoms in total. The van der Waals surface area contributed by atoms with E-state index in [1.165, 1.54) is 6.92 Å². The number of alkyl halides is 2. The minimum absolute atomic E-state index is 0.292. The summed E-state index contributed by atoms with van der Waals surface area (Å²) in [5, 5.41) is 0. The Morgan fingerprint density at radius 1 is 1.44 bits per heavy atom. The molecule has 0 spiro atoms. The summed E-state index contributed by atoms with van der Waals surface area (Å²) in [5.74, 6) is -3.23. The van der Waals surface area contributed by atoms with Crippen molar-refractivity contribution in [3.05, 3.63) is 0 Å². The Balaban J connectivity index is 2.62. The predicted molar refractivity (Wildman–Crippen MR) is 29.5 cm³/mol. The van der Waals surface area contributed by atoms with E-state index in [4.69, 9.17) is 4.74 Å². The van der Waals surface area contributed by atoms with E-state index in [2.05, 4.69) is 0 Å². The second-order valence-electron chi connectivity index (χ2n) is 2.57. The molecular formula is C6H10F2O. The first-order chi connectivity index (χ1) is 4.04. The number of hydrogen-bond acceptors (Lipinski definition) is 1. The van der Waals surface area contributed by atoms with Gasteiger partial charge in [0, 0.05) is 5.92 Å². The Morgan fingerprint density at radius 2 is 2.00 bits per heavy atom. The average molecular weight is 136 g/mol. The van der Waals surface area contributed by atoms with Gasteiger partial charge in [0.2, 0.25) is 0 Å². The zero-order valence-electron chi connectivity index (χ0n) is 5.53. The summed E-state index contributed by atoms with van der Waals surface area (Å²) < 4.78 is 29.7. The Hall–Kier alpha value is -0.180. The van der Waals surface area contributed by atoms with E-state index in [-0.39, 0.29) is 6.10 Å². The lowest BCUT2D eigenvalue weighted by Gasteiger charge is -2.13. The molecule has 1 aliphatic rings. The molecule has 0 N–H and O–H groups in total. The first kappa shape index (κ1) is 6.93. The Labute approximate surface area is 53.0 Å². The van der Waals surface area contributed by atoms with Crippen LogP contribution >= 0.6 is 0 Å². The van der Waals surface area contributed by atoms with Crippen molar-refractivity contribution in [3.63, 3.8) is 0 Å². The van der Waals surface area contributed by atoms with Gasteiger partial charge in [-0.2, -0.15) is 0 Å². The molecule has 0 aromatic carbocycles. The molecule has 2 atom stereocenters. The SMILES string of the molecule is CC1OCC(F)(F)[C@H]1C. The van der Waals surface area contributed by atoms with Crippen LogP contribution in [-0.2, 0) is 4.74 Å². The lowest BCUT2D eigenvalue weighted by molar-refractivity contribution is -0.0319. The van der Waals surface area contributed by atoms with E-state index >= 15 is 0 Å². The van der Waals surface area contributed by atoms with Crippen LogP contribution in [0.2, 0.25) is 0 Å². The van der Waals surface area contributed by atoms with Crippen LogP contribution in [0, 0.1) is 5.92 Å². The smallest absolute Gasteiger partial charge is 0.275 e. The van der Waals surface area contributed by atoms with E-state index in [1.54, 1.807) is 6.92 Å². The second kappa shape index (κ2) is 1.90. The average Bonchev–Trinajstić information content (AvgIpc) is 1.97. The highest BCUT2D eigenvalue weighted by Gasteiger charge is 2.46. The van der Waals surface area contributed by atoms with E-state index in [1.807, 2.05) is 0 Å². The fourth-order valence-corrected chi connectivity index (χ4v) is 0.862. The van der Waals surface area contributed by atoms with Gasteiger partial charge in [0.1, 0.15) is 6.61 Å². The highest BCUT2D eigenvalue weighted by molar-refractivity contribution is 4.83. The Kier molecular flexibility index (Phi) is 1.47. The predicted octanol–water partition coefficient (Wildman–Crippen LogP) is 1.68. The molecule has 54 valence electrons. The molecule has 0 aromatic heterocycles. The van der Waals surface area contributed by atoms with Crippen molar-refractivity contribution in [2.24, 2.45) is 5.92 Å². The van der Waals surface area contributed by atoms with Crippen molar-refractivity contribution >= 4 is 0 Å². The summed E-state index contributed by atoms with van der Waals surface area (Å²) in [4.78, 5) is 0. The van der Waals surface area contributed by atoms with Gasteiger partial charge in [-0.15, -0.1) is 0 Å². The van der Waals surface area contributed by atoms with Crippen LogP contribution in [0.15, 0.2) is 0 Å². The van der Waals surface area contributed by atoms with Gasteiger partial charge in [0.25, 0.3) is 5.92 Å². The zero-order chi connectivity index (χ0) is 7.07. The quantitative estimate of drug-likeness (QED) is 0.492. The van der Waals surface area contributed by atoms with Gasteiger partial charge in [-0.1, -0.05) is 6.92 Å². The maximum Gasteiger partial charge on any atom is 0.275 e. The molecule has 0 saturated carbocycles. The standard InChI is InChI=1S/C6H10F2O/c1-4-5(2)9-3-6(4,7)8/h4-5H,3H2,1-2H3/t4-,5?/m0/s1. The number of ether oxygens (including phenoxy) is 1. The van der Waals surface area contributed by atoms with Crippen LogP contribution in [0.5, 0.6) is 0 Å². The van der Waals surface area contributed by atoms with Gasteiger partial charge in [-0.25, -0.2) is 8.78 Å². The molecule has 3 heteroatoms. The maximum absolute atomic E-state index is 12.5. The normalized spacial score (nSPS) is 41.3. The summed E-state index contributed by atoms with van der Waals surface area (Å²) in [6.45, 7) is 2.78. The van der Waals surface area contributed by atoms with Crippen molar-refractivity contribution in [2.45, 2.75) is 25.9 Å². The molecule has 1 heterocycles. The lowest BCUT2D eigenvalue weighted by atomic mass is 10.0. The Morgan fingerprint density at radius 3 is 2.11 bits per heavy atom. The summed E-state index contributed by atoms with van der Waals surface area (Å²) in [5.41, 5.74) is 0. The van der Waals surface area contributed by atoms with Crippen molar-refractivity contribution in [3.8, 4) is 0 Å². The second-order valence-corrected chi connectivity index (χ2v) is 2.57. The van der Waals surface area contributed by atoms with Gasteiger partial charge in [-0.3, -0.25) is 0 Å². The molecule has 0 radical (unpaired) electrons. The van der Waals surface area contributed by atoms with Gasteiger partial charge < -0.3 is 4.74 Å². The van der Waals surface area contributed by atoms with Gasteiger partial charge in [0.05, 0.1) is 6.10 Å². The number of rotatable bonds is 0. The van der Waals surface area contributed by atoms with Crippen LogP contribution in [0.25, 0.3) is 0 Å². The largest absolute Gasteiger partial charge is 0.372 e. The third-order valence-electron chi connectivity index (χ3n) is 1.91. The molecule has 1 aliphatic heterocycles. The zero-order valence-corrected chi connectivity index (χ0v) is 5.53. The van der Waals surface area contributed by atoms with E-state index < -0.39 is 18.4 Å². The molecule has 0 aromatic rings. The molecule has 9 heavy (non-hydrogen) atoms. The van der Waals surface area contributed by atoms with Crippen LogP contribution in [0.1, 0.15) is 13.8 Å². The maximum atomic E-state index is 12.5. The summed E-state index contributed by atoms with van der Waals surface area (Å²) in [6.07, 6.45) is -0.292. The number of halogens is 2. The van der Waals surface area contributed by atoms with Gasteiger partial charge >= 0.3 is 0 Å². The van der Waals surface area contributed by atoms with Gasteiger partial charge in [0.15, 0.2) is 0 Å². The third kappa shape index (κ3) is 1.06. The minimum atomic E-state index is -2.60. The van der Waals surface area contributed by atoms with Crippen molar-refractivity contribution in [2.75, 3.05) is 6.61 Å². The highest BCUT2D eigenvalue weighted by atomic mass is 19.3. The van der Waals surface area contributed by atoms with Crippen LogP contribution < -0.4 is 0 Å². The highest BCUT2D eigenvalue weighted by Crippen LogP contribution is 2.34. The van der Waals surface area contributed by atoms with Crippen molar-refractivity contribution in [1.29, 1.82) is 0 Å². The van der Waals surface area contributed by atoms with Crippen LogP contribution in [0.3, 0.4) is 0 Å². The van der Waals surface area contributed by atoms with E-state index in [0.29, 0.717) is 0 Å². The third-order valence-corrected chi connectivity index (χ3v) is 1.91. The van der Waals surface area contributed by atoms with Crippen LogP contribution in [-0.4, -0.2) is 18.6 Å². The topological polar surface area (TPSA) is 9.23 Å². The minimum Gasteiger partial charge on any atom is -0.372 e. The molecular weight excluding hydrogens is 126 g/mol. The lowest BCUT2D eigenvalue weighted by Crippen LogP contribution is -2.25. The monoisotopic (exact) mass is 136 g/mol. The summed E-state index contributed by atoms with van der Waals surface area (Å²) in [6, 6.07) is 0. The van der Waals surface area contributed by atoms with Crippen LogP contribution in [0.4, 0.5) is 8.78 Å². The molecule has 1 rings (SSSR count).